The van der Waals surface area contributed by atoms with E-state index in [1.54, 1.807) is 0 Å². The molecule has 1 aromatic carbocycles. The number of halogens is 1. The van der Waals surface area contributed by atoms with E-state index in [0.29, 0.717) is 18.6 Å². The topological polar surface area (TPSA) is 69.4 Å². The smallest absolute Gasteiger partial charge is 0.280 e. The molecule has 0 aromatic heterocycles. The Morgan fingerprint density at radius 3 is 2.43 bits per heavy atom. The largest absolute Gasteiger partial charge is 0.494 e. The maximum atomic E-state index is 10.8. The average molecular weight is 314 g/mol. The molecule has 1 aromatic rings. The van der Waals surface area contributed by atoms with Crippen molar-refractivity contribution in [1.82, 2.24) is 0 Å². The first-order chi connectivity index (χ1) is 10.2. The summed E-state index contributed by atoms with van der Waals surface area (Å²) in [6.07, 6.45) is 7.04. The monoisotopic (exact) mass is 313 g/mol. The molecule has 0 bridgehead atoms. The van der Waals surface area contributed by atoms with Crippen molar-refractivity contribution in [3.63, 3.8) is 0 Å². The summed E-state index contributed by atoms with van der Waals surface area (Å²) in [5.41, 5.74) is -0.157. The summed E-state index contributed by atoms with van der Waals surface area (Å²) in [4.78, 5) is 20.9. The van der Waals surface area contributed by atoms with Crippen molar-refractivity contribution < 1.29 is 14.5 Å². The number of carbonyl (C=O) groups excluding carboxylic acids is 1. The van der Waals surface area contributed by atoms with Crippen LogP contribution >= 0.6 is 11.6 Å². The summed E-state index contributed by atoms with van der Waals surface area (Å²) in [5.74, 6) is 1.22. The molecule has 0 spiro atoms. The highest BCUT2D eigenvalue weighted by atomic mass is 35.5. The number of hydrogen-bond acceptors (Lipinski definition) is 4. The molecule has 0 aliphatic rings. The van der Waals surface area contributed by atoms with Crippen molar-refractivity contribution in [2.75, 3.05) is 12.5 Å². The summed E-state index contributed by atoms with van der Waals surface area (Å²) in [5, 5.41) is 10.7. The Bertz CT molecular complexity index is 465. The van der Waals surface area contributed by atoms with Gasteiger partial charge in [0.2, 0.25) is 0 Å². The summed E-state index contributed by atoms with van der Waals surface area (Å²) < 4.78 is 5.51. The van der Waals surface area contributed by atoms with E-state index >= 15 is 0 Å². The Balaban J connectivity index is 2.29. The van der Waals surface area contributed by atoms with Gasteiger partial charge >= 0.3 is 0 Å². The van der Waals surface area contributed by atoms with Crippen LogP contribution in [0.15, 0.2) is 18.2 Å². The number of hydrogen-bond donors (Lipinski definition) is 0. The third-order valence-electron chi connectivity index (χ3n) is 3.12. The van der Waals surface area contributed by atoms with E-state index in [2.05, 4.69) is 0 Å². The third kappa shape index (κ3) is 6.58. The first kappa shape index (κ1) is 17.4. The fraction of sp³-hybridized carbons (Fsp3) is 0.533. The number of carbonyl (C=O) groups is 1. The number of nitro groups is 1. The Kier molecular flexibility index (Phi) is 8.43. The van der Waals surface area contributed by atoms with Gasteiger partial charge in [0.15, 0.2) is 6.29 Å². The van der Waals surface area contributed by atoms with Gasteiger partial charge in [0.25, 0.3) is 5.69 Å². The number of nitro benzene ring substituents is 1. The zero-order chi connectivity index (χ0) is 15.5. The second-order valence-corrected chi connectivity index (χ2v) is 5.13. The minimum absolute atomic E-state index is 0.0403. The maximum Gasteiger partial charge on any atom is 0.280 e. The van der Waals surface area contributed by atoms with Crippen LogP contribution in [-0.4, -0.2) is 23.7 Å². The molecular weight excluding hydrogens is 294 g/mol. The molecule has 0 fully saturated rings. The van der Waals surface area contributed by atoms with Gasteiger partial charge in [-0.3, -0.25) is 14.9 Å². The summed E-state index contributed by atoms with van der Waals surface area (Å²) in [6.45, 7) is 0.547. The molecule has 0 saturated carbocycles. The van der Waals surface area contributed by atoms with Crippen molar-refractivity contribution >= 4 is 23.6 Å². The SMILES string of the molecule is O=Cc1cc(OCCCCCCCCCl)ccc1[N+](=O)[O-]. The van der Waals surface area contributed by atoms with Crippen molar-refractivity contribution in [3.05, 3.63) is 33.9 Å². The number of benzene rings is 1. The van der Waals surface area contributed by atoms with Crippen LogP contribution in [0.25, 0.3) is 0 Å². The lowest BCUT2D eigenvalue weighted by Crippen LogP contribution is -2.00. The predicted molar refractivity (Wildman–Crippen MR) is 82.4 cm³/mol. The van der Waals surface area contributed by atoms with E-state index in [0.717, 1.165) is 38.0 Å². The lowest BCUT2D eigenvalue weighted by Gasteiger charge is -2.06. The fourth-order valence-corrected chi connectivity index (χ4v) is 2.17. The minimum atomic E-state index is -0.575. The quantitative estimate of drug-likeness (QED) is 0.200. The highest BCUT2D eigenvalue weighted by Gasteiger charge is 2.13. The molecule has 1 rings (SSSR count). The van der Waals surface area contributed by atoms with Gasteiger partial charge in [-0.2, -0.15) is 0 Å². The van der Waals surface area contributed by atoms with Gasteiger partial charge in [-0.25, -0.2) is 0 Å². The van der Waals surface area contributed by atoms with Gasteiger partial charge in [-0.15, -0.1) is 11.6 Å². The molecule has 116 valence electrons. The minimum Gasteiger partial charge on any atom is -0.494 e. The van der Waals surface area contributed by atoms with Crippen molar-refractivity contribution in [3.8, 4) is 5.75 Å². The van der Waals surface area contributed by atoms with Crippen LogP contribution in [0.2, 0.25) is 0 Å². The van der Waals surface area contributed by atoms with Crippen LogP contribution in [0, 0.1) is 10.1 Å². The van der Waals surface area contributed by atoms with E-state index in [1.807, 2.05) is 0 Å². The molecule has 0 aliphatic heterocycles. The lowest BCUT2D eigenvalue weighted by molar-refractivity contribution is -0.385. The van der Waals surface area contributed by atoms with Gasteiger partial charge in [0, 0.05) is 11.9 Å². The van der Waals surface area contributed by atoms with Gasteiger partial charge in [-0.1, -0.05) is 25.7 Å². The molecule has 0 amide bonds. The lowest BCUT2D eigenvalue weighted by atomic mass is 10.1. The molecule has 0 saturated heterocycles. The molecule has 0 N–H and O–H groups in total. The third-order valence-corrected chi connectivity index (χ3v) is 3.39. The molecule has 21 heavy (non-hydrogen) atoms. The van der Waals surface area contributed by atoms with Gasteiger partial charge in [0.1, 0.15) is 5.75 Å². The number of ether oxygens (including phenoxy) is 1. The first-order valence-corrected chi connectivity index (χ1v) is 7.65. The van der Waals surface area contributed by atoms with Gasteiger partial charge < -0.3 is 4.74 Å². The van der Waals surface area contributed by atoms with Crippen LogP contribution in [0.3, 0.4) is 0 Å². The summed E-state index contributed by atoms with van der Waals surface area (Å²) >= 11 is 5.60. The van der Waals surface area contributed by atoms with Crippen LogP contribution in [0.4, 0.5) is 5.69 Å². The second kappa shape index (κ2) is 10.2. The fourth-order valence-electron chi connectivity index (χ4n) is 1.98. The number of rotatable bonds is 11. The normalized spacial score (nSPS) is 10.3. The van der Waals surface area contributed by atoms with Crippen molar-refractivity contribution in [2.24, 2.45) is 0 Å². The van der Waals surface area contributed by atoms with Crippen LogP contribution < -0.4 is 4.74 Å². The molecule has 0 unspecified atom stereocenters. The van der Waals surface area contributed by atoms with E-state index < -0.39 is 4.92 Å². The zero-order valence-corrected chi connectivity index (χ0v) is 12.7. The summed E-state index contributed by atoms with van der Waals surface area (Å²) in [6, 6.07) is 4.22. The van der Waals surface area contributed by atoms with Gasteiger partial charge in [-0.05, 0) is 25.0 Å². The molecule has 0 radical (unpaired) electrons. The first-order valence-electron chi connectivity index (χ1n) is 7.11. The number of aldehydes is 1. The van der Waals surface area contributed by atoms with E-state index in [-0.39, 0.29) is 11.3 Å². The van der Waals surface area contributed by atoms with Crippen LogP contribution in [0.5, 0.6) is 5.75 Å². The molecule has 0 heterocycles. The van der Waals surface area contributed by atoms with Crippen LogP contribution in [0.1, 0.15) is 48.9 Å². The van der Waals surface area contributed by atoms with E-state index in [9.17, 15) is 14.9 Å². The highest BCUT2D eigenvalue weighted by Crippen LogP contribution is 2.22. The Hall–Kier alpha value is -1.62. The molecular formula is C15H20ClNO4. The molecule has 0 atom stereocenters. The van der Waals surface area contributed by atoms with E-state index in [1.165, 1.54) is 24.6 Å². The maximum absolute atomic E-state index is 10.8. The van der Waals surface area contributed by atoms with Gasteiger partial charge in [0.05, 0.1) is 17.1 Å². The Labute approximate surface area is 129 Å². The predicted octanol–water partition coefficient (Wildman–Crippen LogP) is 4.37. The molecule has 5 nitrogen and oxygen atoms in total. The number of unbranched alkanes of at least 4 members (excludes halogenated alkanes) is 5. The Morgan fingerprint density at radius 1 is 1.14 bits per heavy atom. The van der Waals surface area contributed by atoms with E-state index in [4.69, 9.17) is 16.3 Å². The zero-order valence-electron chi connectivity index (χ0n) is 11.9. The molecule has 6 heteroatoms. The molecule has 0 aliphatic carbocycles. The van der Waals surface area contributed by atoms with Crippen molar-refractivity contribution in [2.45, 2.75) is 38.5 Å². The Morgan fingerprint density at radius 2 is 1.81 bits per heavy atom. The average Bonchev–Trinajstić information content (AvgIpc) is 2.49. The number of alkyl halides is 1. The van der Waals surface area contributed by atoms with Crippen molar-refractivity contribution in [1.29, 1.82) is 0 Å². The second-order valence-electron chi connectivity index (χ2n) is 4.75. The summed E-state index contributed by atoms with van der Waals surface area (Å²) in [7, 11) is 0. The van der Waals surface area contributed by atoms with Crippen LogP contribution in [-0.2, 0) is 0 Å². The highest BCUT2D eigenvalue weighted by molar-refractivity contribution is 6.17. The standard InChI is InChI=1S/C15H20ClNO4/c16-9-5-3-1-2-4-6-10-21-14-7-8-15(17(19)20)13(11-14)12-18/h7-8,11-12H,1-6,9-10H2. The number of nitrogens with zero attached hydrogens (tertiary/aromatic N) is 1.